The standard InChI is InChI=1S/C19H14F4N4O4/c1-30-12-3-4-13(14(20)7-12)18(29)31-8-17(28)26-15-6-11(19(21,22)23)2-5-16(15)27-10-24-9-25-27/h2-7,9-10H,8H2,1H3,(H,26,28). The zero-order chi connectivity index (χ0) is 22.6. The van der Waals surface area contributed by atoms with Crippen LogP contribution in [0.25, 0.3) is 5.69 Å². The third kappa shape index (κ3) is 5.15. The maximum atomic E-state index is 13.9. The van der Waals surface area contributed by atoms with E-state index in [1.54, 1.807) is 0 Å². The molecule has 31 heavy (non-hydrogen) atoms. The zero-order valence-corrected chi connectivity index (χ0v) is 15.8. The highest BCUT2D eigenvalue weighted by molar-refractivity contribution is 5.96. The fraction of sp³-hybridized carbons (Fsp3) is 0.158. The minimum absolute atomic E-state index is 0.103. The molecular weight excluding hydrogens is 424 g/mol. The third-order valence-corrected chi connectivity index (χ3v) is 3.99. The number of anilines is 1. The van der Waals surface area contributed by atoms with Crippen LogP contribution in [0, 0.1) is 5.82 Å². The molecule has 1 aromatic heterocycles. The summed E-state index contributed by atoms with van der Waals surface area (Å²) in [6.07, 6.45) is -2.27. The number of hydrogen-bond acceptors (Lipinski definition) is 6. The van der Waals surface area contributed by atoms with E-state index < -0.39 is 41.6 Å². The Kier molecular flexibility index (Phi) is 6.18. The van der Waals surface area contributed by atoms with Crippen molar-refractivity contribution in [3.05, 3.63) is 66.0 Å². The molecule has 3 aromatic rings. The summed E-state index contributed by atoms with van der Waals surface area (Å²) < 4.78 is 63.8. The quantitative estimate of drug-likeness (QED) is 0.469. The smallest absolute Gasteiger partial charge is 0.416 e. The molecule has 0 radical (unpaired) electrons. The Labute approximate surface area is 172 Å². The highest BCUT2D eigenvalue weighted by Crippen LogP contribution is 2.33. The number of carbonyl (C=O) groups excluding carboxylic acids is 2. The summed E-state index contributed by atoms with van der Waals surface area (Å²) in [5.74, 6) is -2.81. The van der Waals surface area contributed by atoms with Gasteiger partial charge in [-0.25, -0.2) is 18.9 Å². The first-order chi connectivity index (χ1) is 14.7. The van der Waals surface area contributed by atoms with Gasteiger partial charge in [-0.2, -0.15) is 18.3 Å². The molecule has 3 rings (SSSR count). The van der Waals surface area contributed by atoms with Crippen molar-refractivity contribution in [3.63, 3.8) is 0 Å². The molecule has 2 aromatic carbocycles. The molecule has 0 fully saturated rings. The summed E-state index contributed by atoms with van der Waals surface area (Å²) in [6, 6.07) is 6.03. The fourth-order valence-electron chi connectivity index (χ4n) is 2.53. The topological polar surface area (TPSA) is 95.3 Å². The monoisotopic (exact) mass is 438 g/mol. The number of rotatable bonds is 6. The second-order valence-corrected chi connectivity index (χ2v) is 6.04. The molecule has 0 saturated heterocycles. The Hall–Kier alpha value is -3.96. The van der Waals surface area contributed by atoms with E-state index in [-0.39, 0.29) is 17.1 Å². The van der Waals surface area contributed by atoms with Gasteiger partial charge in [-0.1, -0.05) is 0 Å². The van der Waals surface area contributed by atoms with Crippen LogP contribution in [0.2, 0.25) is 0 Å². The van der Waals surface area contributed by atoms with Crippen LogP contribution in [-0.4, -0.2) is 40.4 Å². The highest BCUT2D eigenvalue weighted by Gasteiger charge is 2.31. The zero-order valence-electron chi connectivity index (χ0n) is 15.8. The van der Waals surface area contributed by atoms with Crippen LogP contribution in [0.3, 0.4) is 0 Å². The number of alkyl halides is 3. The minimum atomic E-state index is -4.65. The van der Waals surface area contributed by atoms with Crippen LogP contribution in [0.5, 0.6) is 5.75 Å². The summed E-state index contributed by atoms with van der Waals surface area (Å²) in [6.45, 7) is -0.864. The lowest BCUT2D eigenvalue weighted by Gasteiger charge is -2.14. The lowest BCUT2D eigenvalue weighted by Crippen LogP contribution is -2.22. The normalized spacial score (nSPS) is 11.1. The van der Waals surface area contributed by atoms with Gasteiger partial charge in [0, 0.05) is 6.07 Å². The van der Waals surface area contributed by atoms with Crippen molar-refractivity contribution in [2.24, 2.45) is 0 Å². The molecule has 0 spiro atoms. The summed E-state index contributed by atoms with van der Waals surface area (Å²) in [5, 5.41) is 6.05. The van der Waals surface area contributed by atoms with Gasteiger partial charge in [-0.05, 0) is 30.3 Å². The molecule has 12 heteroatoms. The van der Waals surface area contributed by atoms with Crippen molar-refractivity contribution in [1.29, 1.82) is 0 Å². The van der Waals surface area contributed by atoms with Gasteiger partial charge in [0.05, 0.1) is 29.6 Å². The van der Waals surface area contributed by atoms with Crippen LogP contribution < -0.4 is 10.1 Å². The number of ether oxygens (including phenoxy) is 2. The minimum Gasteiger partial charge on any atom is -0.497 e. The van der Waals surface area contributed by atoms with Crippen molar-refractivity contribution in [2.45, 2.75) is 6.18 Å². The van der Waals surface area contributed by atoms with E-state index in [4.69, 9.17) is 9.47 Å². The lowest BCUT2D eigenvalue weighted by atomic mass is 10.1. The number of benzene rings is 2. The number of nitrogens with one attached hydrogen (secondary N) is 1. The van der Waals surface area contributed by atoms with Crippen molar-refractivity contribution in [3.8, 4) is 11.4 Å². The van der Waals surface area contributed by atoms with E-state index in [0.717, 1.165) is 35.3 Å². The predicted molar refractivity (Wildman–Crippen MR) is 98.2 cm³/mol. The van der Waals surface area contributed by atoms with Gasteiger partial charge in [0.2, 0.25) is 0 Å². The number of aromatic nitrogens is 3. The van der Waals surface area contributed by atoms with Crippen molar-refractivity contribution < 1.29 is 36.6 Å². The van der Waals surface area contributed by atoms with E-state index in [2.05, 4.69) is 15.4 Å². The van der Waals surface area contributed by atoms with Crippen molar-refractivity contribution in [1.82, 2.24) is 14.8 Å². The molecule has 1 heterocycles. The molecular formula is C19H14F4N4O4. The molecule has 0 aliphatic heterocycles. The number of halogens is 4. The number of esters is 1. The van der Waals surface area contributed by atoms with Crippen molar-refractivity contribution in [2.75, 3.05) is 19.0 Å². The fourth-order valence-corrected chi connectivity index (χ4v) is 2.53. The maximum absolute atomic E-state index is 13.9. The summed E-state index contributed by atoms with van der Waals surface area (Å²) in [4.78, 5) is 27.9. The van der Waals surface area contributed by atoms with Gasteiger partial charge in [-0.3, -0.25) is 4.79 Å². The van der Waals surface area contributed by atoms with Gasteiger partial charge in [0.25, 0.3) is 5.91 Å². The molecule has 162 valence electrons. The van der Waals surface area contributed by atoms with E-state index in [1.807, 2.05) is 0 Å². The maximum Gasteiger partial charge on any atom is 0.416 e. The molecule has 0 atom stereocenters. The Morgan fingerprint density at radius 3 is 2.55 bits per heavy atom. The molecule has 0 aliphatic carbocycles. The van der Waals surface area contributed by atoms with E-state index in [0.29, 0.717) is 6.07 Å². The molecule has 0 aliphatic rings. The van der Waals surface area contributed by atoms with Crippen LogP contribution >= 0.6 is 0 Å². The predicted octanol–water partition coefficient (Wildman–Crippen LogP) is 3.23. The second kappa shape index (κ2) is 8.81. The Balaban J connectivity index is 1.74. The Morgan fingerprint density at radius 2 is 1.94 bits per heavy atom. The average molecular weight is 438 g/mol. The van der Waals surface area contributed by atoms with Crippen LogP contribution in [0.15, 0.2) is 49.1 Å². The largest absolute Gasteiger partial charge is 0.497 e. The molecule has 0 saturated carbocycles. The Morgan fingerprint density at radius 1 is 1.16 bits per heavy atom. The molecule has 8 nitrogen and oxygen atoms in total. The summed E-state index contributed by atoms with van der Waals surface area (Å²) in [5.41, 5.74) is -1.58. The second-order valence-electron chi connectivity index (χ2n) is 6.04. The van der Waals surface area contributed by atoms with Crippen LogP contribution in [0.4, 0.5) is 23.2 Å². The number of carbonyl (C=O) groups is 2. The van der Waals surface area contributed by atoms with Gasteiger partial charge in [-0.15, -0.1) is 0 Å². The van der Waals surface area contributed by atoms with E-state index in [9.17, 15) is 27.2 Å². The first kappa shape index (κ1) is 21.7. The third-order valence-electron chi connectivity index (χ3n) is 3.99. The van der Waals surface area contributed by atoms with Crippen LogP contribution in [0.1, 0.15) is 15.9 Å². The van der Waals surface area contributed by atoms with Gasteiger partial charge in [0.1, 0.15) is 24.2 Å². The van der Waals surface area contributed by atoms with Gasteiger partial charge >= 0.3 is 12.1 Å². The van der Waals surface area contributed by atoms with Crippen molar-refractivity contribution >= 4 is 17.6 Å². The number of nitrogens with zero attached hydrogens (tertiary/aromatic N) is 3. The number of methoxy groups -OCH3 is 1. The molecule has 0 bridgehead atoms. The molecule has 1 N–H and O–H groups in total. The van der Waals surface area contributed by atoms with E-state index >= 15 is 0 Å². The highest BCUT2D eigenvalue weighted by atomic mass is 19.4. The van der Waals surface area contributed by atoms with Gasteiger partial charge < -0.3 is 14.8 Å². The number of hydrogen-bond donors (Lipinski definition) is 1. The number of amides is 1. The first-order valence-electron chi connectivity index (χ1n) is 8.56. The average Bonchev–Trinajstić information content (AvgIpc) is 3.25. The SMILES string of the molecule is COc1ccc(C(=O)OCC(=O)Nc2cc(C(F)(F)F)ccc2-n2cncn2)c(F)c1. The first-order valence-corrected chi connectivity index (χ1v) is 8.56. The summed E-state index contributed by atoms with van der Waals surface area (Å²) in [7, 11) is 1.32. The summed E-state index contributed by atoms with van der Waals surface area (Å²) >= 11 is 0. The molecule has 0 unspecified atom stereocenters. The lowest BCUT2D eigenvalue weighted by molar-refractivity contribution is -0.137. The van der Waals surface area contributed by atoms with Crippen LogP contribution in [-0.2, 0) is 15.7 Å². The van der Waals surface area contributed by atoms with Gasteiger partial charge in [0.15, 0.2) is 6.61 Å². The molecule has 1 amide bonds. The van der Waals surface area contributed by atoms with E-state index in [1.165, 1.54) is 19.5 Å². The Bertz CT molecular complexity index is 1100.